The molecule has 0 spiro atoms. The maximum absolute atomic E-state index is 12.7. The zero-order valence-corrected chi connectivity index (χ0v) is 15.5. The van der Waals surface area contributed by atoms with E-state index in [1.807, 2.05) is 48.5 Å². The summed E-state index contributed by atoms with van der Waals surface area (Å²) >= 11 is 0. The van der Waals surface area contributed by atoms with Gasteiger partial charge in [0.25, 0.3) is 5.91 Å². The summed E-state index contributed by atoms with van der Waals surface area (Å²) < 4.78 is 0. The molecule has 0 aliphatic heterocycles. The Bertz CT molecular complexity index is 1270. The van der Waals surface area contributed by atoms with Crippen LogP contribution in [0, 0.1) is 0 Å². The number of phenols is 1. The van der Waals surface area contributed by atoms with Crippen molar-refractivity contribution in [3.63, 3.8) is 0 Å². The van der Waals surface area contributed by atoms with E-state index in [1.54, 1.807) is 6.07 Å². The molecule has 6 heteroatoms. The average Bonchev–Trinajstić information content (AvgIpc) is 3.20. The van der Waals surface area contributed by atoms with Gasteiger partial charge < -0.3 is 5.11 Å². The van der Waals surface area contributed by atoms with Crippen LogP contribution in [0.2, 0.25) is 0 Å². The number of hydrogen-bond donors (Lipinski definition) is 3. The number of fused-ring (bicyclic) bond motifs is 4. The molecule has 0 bridgehead atoms. The Hall–Kier alpha value is -3.93. The van der Waals surface area contributed by atoms with Gasteiger partial charge >= 0.3 is 0 Å². The first-order chi connectivity index (χ1) is 14.2. The molecule has 0 saturated heterocycles. The molecule has 0 unspecified atom stereocenters. The van der Waals surface area contributed by atoms with E-state index in [4.69, 9.17) is 0 Å². The number of benzene rings is 3. The molecule has 0 saturated carbocycles. The van der Waals surface area contributed by atoms with Crippen molar-refractivity contribution >= 4 is 22.9 Å². The van der Waals surface area contributed by atoms with Crippen LogP contribution >= 0.6 is 0 Å². The fourth-order valence-electron chi connectivity index (χ4n) is 3.88. The molecule has 1 amide bonds. The summed E-state index contributed by atoms with van der Waals surface area (Å²) in [6.45, 7) is 0. The number of phenolic OH excluding ortho intramolecular Hbond substituents is 1. The quantitative estimate of drug-likeness (QED) is 0.372. The number of aromatic amines is 1. The normalized spacial score (nSPS) is 12.7. The second-order valence-electron chi connectivity index (χ2n) is 7.00. The Labute approximate surface area is 166 Å². The van der Waals surface area contributed by atoms with E-state index in [2.05, 4.69) is 26.8 Å². The van der Waals surface area contributed by atoms with E-state index in [9.17, 15) is 9.90 Å². The molecule has 3 aromatic carbocycles. The van der Waals surface area contributed by atoms with Gasteiger partial charge in [-0.05, 0) is 35.2 Å². The van der Waals surface area contributed by atoms with Gasteiger partial charge in [-0.15, -0.1) is 0 Å². The van der Waals surface area contributed by atoms with Crippen molar-refractivity contribution in [3.8, 4) is 17.0 Å². The van der Waals surface area contributed by atoms with Crippen LogP contribution < -0.4 is 5.43 Å². The van der Waals surface area contributed by atoms with Gasteiger partial charge in [-0.1, -0.05) is 54.6 Å². The Kier molecular flexibility index (Phi) is 4.09. The van der Waals surface area contributed by atoms with Crippen LogP contribution in [0.15, 0.2) is 65.8 Å². The molecule has 5 rings (SSSR count). The monoisotopic (exact) mass is 382 g/mol. The van der Waals surface area contributed by atoms with Crippen molar-refractivity contribution in [1.82, 2.24) is 15.6 Å². The molecule has 0 radical (unpaired) electrons. The highest BCUT2D eigenvalue weighted by atomic mass is 16.3. The molecular weight excluding hydrogens is 364 g/mol. The molecule has 1 aliphatic rings. The lowest BCUT2D eigenvalue weighted by Crippen LogP contribution is -2.20. The molecule has 3 N–H and O–H groups in total. The highest BCUT2D eigenvalue weighted by Crippen LogP contribution is 2.33. The van der Waals surface area contributed by atoms with Crippen LogP contribution in [0.25, 0.3) is 22.0 Å². The summed E-state index contributed by atoms with van der Waals surface area (Å²) in [6.07, 6.45) is 3.09. The second-order valence-corrected chi connectivity index (χ2v) is 7.00. The van der Waals surface area contributed by atoms with E-state index in [1.165, 1.54) is 11.8 Å². The number of rotatable bonds is 3. The Morgan fingerprint density at radius 3 is 2.83 bits per heavy atom. The topological polar surface area (TPSA) is 90.4 Å². The number of carbonyl (C=O) groups excluding carboxylic acids is 1. The third kappa shape index (κ3) is 2.95. The molecule has 29 heavy (non-hydrogen) atoms. The standard InChI is InChI=1S/C23H18N4O2/c28-20-12-10-14-5-1-3-7-16(14)19(20)13-24-27-23(29)22-18-11-9-15-6-2-4-8-17(15)21(18)25-26-22/h1-8,10,12-13,28H,9,11H2,(H,25,26)(H,27,29)/b24-13+. The number of nitrogens with one attached hydrogen (secondary N) is 2. The van der Waals surface area contributed by atoms with Crippen LogP contribution in [-0.4, -0.2) is 27.4 Å². The lowest BCUT2D eigenvalue weighted by molar-refractivity contribution is 0.0949. The number of hydrogen-bond acceptors (Lipinski definition) is 4. The van der Waals surface area contributed by atoms with E-state index in [0.717, 1.165) is 40.4 Å². The van der Waals surface area contributed by atoms with Crippen LogP contribution in [-0.2, 0) is 12.8 Å². The average molecular weight is 382 g/mol. The van der Waals surface area contributed by atoms with Crippen molar-refractivity contribution in [2.75, 3.05) is 0 Å². The summed E-state index contributed by atoms with van der Waals surface area (Å²) in [4.78, 5) is 12.7. The predicted octanol–water partition coefficient (Wildman–Crippen LogP) is 3.80. The first-order valence-electron chi connectivity index (χ1n) is 9.42. The summed E-state index contributed by atoms with van der Waals surface area (Å²) in [7, 11) is 0. The van der Waals surface area contributed by atoms with Crippen molar-refractivity contribution in [1.29, 1.82) is 0 Å². The smallest absolute Gasteiger partial charge is 0.289 e. The van der Waals surface area contributed by atoms with E-state index in [0.29, 0.717) is 11.3 Å². The van der Waals surface area contributed by atoms with Crippen molar-refractivity contribution in [3.05, 3.63) is 83.0 Å². The van der Waals surface area contributed by atoms with E-state index >= 15 is 0 Å². The first kappa shape index (κ1) is 17.2. The number of nitrogens with zero attached hydrogens (tertiary/aromatic N) is 2. The fraction of sp³-hybridized carbons (Fsp3) is 0.0870. The lowest BCUT2D eigenvalue weighted by Gasteiger charge is -2.15. The van der Waals surface area contributed by atoms with Gasteiger partial charge in [-0.3, -0.25) is 9.89 Å². The van der Waals surface area contributed by atoms with Crippen molar-refractivity contribution < 1.29 is 9.90 Å². The van der Waals surface area contributed by atoms with Gasteiger partial charge in [-0.2, -0.15) is 10.2 Å². The Morgan fingerprint density at radius 1 is 1.07 bits per heavy atom. The molecule has 1 aliphatic carbocycles. The maximum atomic E-state index is 12.7. The van der Waals surface area contributed by atoms with Gasteiger partial charge in [0.15, 0.2) is 0 Å². The summed E-state index contributed by atoms with van der Waals surface area (Å²) in [5.41, 5.74) is 7.57. The number of amides is 1. The van der Waals surface area contributed by atoms with Crippen LogP contribution in [0.5, 0.6) is 5.75 Å². The van der Waals surface area contributed by atoms with Crippen LogP contribution in [0.1, 0.15) is 27.2 Å². The van der Waals surface area contributed by atoms with Gasteiger partial charge in [-0.25, -0.2) is 5.43 Å². The molecule has 0 fully saturated rings. The molecule has 1 aromatic heterocycles. The minimum Gasteiger partial charge on any atom is -0.507 e. The van der Waals surface area contributed by atoms with E-state index < -0.39 is 0 Å². The summed E-state index contributed by atoms with van der Waals surface area (Å²) in [5, 5.41) is 23.3. The lowest BCUT2D eigenvalue weighted by atomic mass is 9.89. The summed E-state index contributed by atoms with van der Waals surface area (Å²) in [5.74, 6) is -0.244. The number of aromatic nitrogens is 2. The second kappa shape index (κ2) is 6.91. The van der Waals surface area contributed by atoms with Crippen molar-refractivity contribution in [2.45, 2.75) is 12.8 Å². The molecule has 4 aromatic rings. The SMILES string of the molecule is O=C(N/N=C/c1c(O)ccc2ccccc12)c1[nH]nc2c1CCc1ccccc1-2. The zero-order valence-electron chi connectivity index (χ0n) is 15.5. The largest absolute Gasteiger partial charge is 0.507 e. The van der Waals surface area contributed by atoms with Gasteiger partial charge in [0.05, 0.1) is 11.9 Å². The molecule has 142 valence electrons. The third-order valence-electron chi connectivity index (χ3n) is 5.32. The van der Waals surface area contributed by atoms with E-state index in [-0.39, 0.29) is 11.7 Å². The summed E-state index contributed by atoms with van der Waals surface area (Å²) in [6, 6.07) is 19.3. The highest BCUT2D eigenvalue weighted by molar-refractivity contribution is 6.03. The highest BCUT2D eigenvalue weighted by Gasteiger charge is 2.24. The number of aryl methyl sites for hydroxylation is 1. The third-order valence-corrected chi connectivity index (χ3v) is 5.32. The zero-order chi connectivity index (χ0) is 19.8. The molecular formula is C23H18N4O2. The maximum Gasteiger partial charge on any atom is 0.289 e. The number of aromatic hydroxyl groups is 1. The molecule has 6 nitrogen and oxygen atoms in total. The van der Waals surface area contributed by atoms with Crippen LogP contribution in [0.4, 0.5) is 0 Å². The van der Waals surface area contributed by atoms with Crippen molar-refractivity contribution in [2.24, 2.45) is 5.10 Å². The van der Waals surface area contributed by atoms with Crippen LogP contribution in [0.3, 0.4) is 0 Å². The van der Waals surface area contributed by atoms with Gasteiger partial charge in [0.1, 0.15) is 11.4 Å². The minimum absolute atomic E-state index is 0.109. The number of H-pyrrole nitrogens is 1. The molecule has 1 heterocycles. The predicted molar refractivity (Wildman–Crippen MR) is 112 cm³/mol. The minimum atomic E-state index is -0.353. The molecule has 0 atom stereocenters. The Morgan fingerprint density at radius 2 is 1.90 bits per heavy atom. The first-order valence-corrected chi connectivity index (χ1v) is 9.42. The Balaban J connectivity index is 1.41. The fourth-order valence-corrected chi connectivity index (χ4v) is 3.88. The van der Waals surface area contributed by atoms with Gasteiger partial charge in [0, 0.05) is 16.7 Å². The number of hydrazone groups is 1. The number of carbonyl (C=O) groups is 1. The van der Waals surface area contributed by atoms with Gasteiger partial charge in [0.2, 0.25) is 0 Å².